The number of likely N-dealkylation sites (tertiary alicyclic amines) is 1. The van der Waals surface area contributed by atoms with Gasteiger partial charge in [0.1, 0.15) is 5.75 Å². The molecule has 2 aromatic rings. The number of aromatic nitrogens is 3. The van der Waals surface area contributed by atoms with Gasteiger partial charge in [0.25, 0.3) is 0 Å². The van der Waals surface area contributed by atoms with Gasteiger partial charge in [-0.2, -0.15) is 0 Å². The van der Waals surface area contributed by atoms with E-state index in [2.05, 4.69) is 15.2 Å². The van der Waals surface area contributed by atoms with Crippen molar-refractivity contribution in [1.82, 2.24) is 20.1 Å². The van der Waals surface area contributed by atoms with Crippen molar-refractivity contribution in [3.63, 3.8) is 0 Å². The molecule has 0 bridgehead atoms. The van der Waals surface area contributed by atoms with Crippen molar-refractivity contribution >= 4 is 29.3 Å². The van der Waals surface area contributed by atoms with Crippen molar-refractivity contribution in [1.29, 1.82) is 0 Å². The van der Waals surface area contributed by atoms with Crippen LogP contribution in [0.1, 0.15) is 32.6 Å². The van der Waals surface area contributed by atoms with Crippen molar-refractivity contribution in [3.05, 3.63) is 23.2 Å². The average molecular weight is 395 g/mol. The second-order valence-corrected chi connectivity index (χ2v) is 8.06. The van der Waals surface area contributed by atoms with Gasteiger partial charge in [0.15, 0.2) is 5.82 Å². The van der Waals surface area contributed by atoms with Gasteiger partial charge in [-0.25, -0.2) is 4.98 Å². The topological polar surface area (TPSA) is 71.1 Å². The van der Waals surface area contributed by atoms with E-state index in [1.54, 1.807) is 25.3 Å². The molecule has 6 nitrogen and oxygen atoms in total. The number of H-pyrrole nitrogens is 1. The molecule has 0 radical (unpaired) electrons. The molecule has 1 amide bonds. The number of nitrogens with zero attached hydrogens (tertiary/aromatic N) is 3. The van der Waals surface area contributed by atoms with Crippen molar-refractivity contribution in [2.75, 3.05) is 20.2 Å². The van der Waals surface area contributed by atoms with E-state index in [1.807, 2.05) is 11.8 Å². The van der Waals surface area contributed by atoms with Crippen LogP contribution >= 0.6 is 23.4 Å². The molecule has 3 rings (SSSR count). The molecule has 1 N–H and O–H groups in total. The zero-order valence-corrected chi connectivity index (χ0v) is 16.6. The molecule has 0 saturated carbocycles. The summed E-state index contributed by atoms with van der Waals surface area (Å²) in [5, 5.41) is 8.06. The molecule has 1 aliphatic heterocycles. The molecule has 0 unspecified atom stereocenters. The summed E-state index contributed by atoms with van der Waals surface area (Å²) < 4.78 is 5.36. The first-order valence-corrected chi connectivity index (χ1v) is 10.1. The summed E-state index contributed by atoms with van der Waals surface area (Å²) in [6, 6.07) is 5.33. The molecule has 1 aliphatic rings. The number of hydrogen-bond donors (Lipinski definition) is 1. The Bertz CT molecular complexity index is 759. The number of benzene rings is 1. The van der Waals surface area contributed by atoms with Crippen molar-refractivity contribution in [2.24, 2.45) is 0 Å². The standard InChI is InChI=1S/C18H23ClN4O2S/c1-12(17(24)23-9-5-3-4-6-10-23)26-18-20-16(21-22-18)14-11-13(19)7-8-15(14)25-2/h7-8,11-12H,3-6,9-10H2,1-2H3,(H,20,21,22)/t12-/m0/s1. The summed E-state index contributed by atoms with van der Waals surface area (Å²) in [7, 11) is 1.60. The van der Waals surface area contributed by atoms with E-state index in [0.29, 0.717) is 21.8 Å². The largest absolute Gasteiger partial charge is 0.496 e. The first-order valence-electron chi connectivity index (χ1n) is 8.80. The van der Waals surface area contributed by atoms with Crippen molar-refractivity contribution in [2.45, 2.75) is 43.0 Å². The molecule has 140 valence electrons. The number of methoxy groups -OCH3 is 1. The van der Waals surface area contributed by atoms with E-state index in [-0.39, 0.29) is 11.2 Å². The summed E-state index contributed by atoms with van der Waals surface area (Å²) >= 11 is 7.45. The van der Waals surface area contributed by atoms with Crippen LogP contribution in [0.3, 0.4) is 0 Å². The molecule has 8 heteroatoms. The fourth-order valence-electron chi connectivity index (χ4n) is 3.04. The molecule has 1 fully saturated rings. The molecular formula is C18H23ClN4O2S. The number of nitrogens with one attached hydrogen (secondary N) is 1. The second kappa shape index (κ2) is 8.77. The third kappa shape index (κ3) is 4.51. The lowest BCUT2D eigenvalue weighted by atomic mass is 10.2. The molecule has 1 atom stereocenters. The van der Waals surface area contributed by atoms with E-state index in [1.165, 1.54) is 24.6 Å². The highest BCUT2D eigenvalue weighted by atomic mass is 35.5. The van der Waals surface area contributed by atoms with E-state index in [0.717, 1.165) is 31.5 Å². The summed E-state index contributed by atoms with van der Waals surface area (Å²) in [6.07, 6.45) is 4.58. The van der Waals surface area contributed by atoms with Gasteiger partial charge in [0.2, 0.25) is 11.1 Å². The molecule has 26 heavy (non-hydrogen) atoms. The number of carbonyl (C=O) groups excluding carboxylic acids is 1. The number of thioether (sulfide) groups is 1. The Labute approximate surface area is 162 Å². The average Bonchev–Trinajstić information content (AvgIpc) is 2.93. The van der Waals surface area contributed by atoms with Gasteiger partial charge in [-0.05, 0) is 38.0 Å². The predicted octanol–water partition coefficient (Wildman–Crippen LogP) is 4.02. The first kappa shape index (κ1) is 19.0. The van der Waals surface area contributed by atoms with E-state index in [4.69, 9.17) is 16.3 Å². The summed E-state index contributed by atoms with van der Waals surface area (Å²) in [5.41, 5.74) is 0.742. The minimum Gasteiger partial charge on any atom is -0.496 e. The summed E-state index contributed by atoms with van der Waals surface area (Å²) in [5.74, 6) is 1.39. The number of hydrogen-bond acceptors (Lipinski definition) is 5. The van der Waals surface area contributed by atoms with Crippen LogP contribution in [-0.2, 0) is 4.79 Å². The third-order valence-electron chi connectivity index (χ3n) is 4.43. The lowest BCUT2D eigenvalue weighted by Crippen LogP contribution is -2.37. The SMILES string of the molecule is COc1ccc(Cl)cc1-c1nc(S[C@@H](C)C(=O)N2CCCCCC2)n[nH]1. The fourth-order valence-corrected chi connectivity index (χ4v) is 4.02. The second-order valence-electron chi connectivity index (χ2n) is 6.31. The lowest BCUT2D eigenvalue weighted by molar-refractivity contribution is -0.130. The number of halogens is 1. The normalized spacial score (nSPS) is 16.2. The van der Waals surface area contributed by atoms with Crippen molar-refractivity contribution in [3.8, 4) is 17.1 Å². The maximum Gasteiger partial charge on any atom is 0.235 e. The first-order chi connectivity index (χ1) is 12.6. The molecule has 0 aliphatic carbocycles. The zero-order valence-electron chi connectivity index (χ0n) is 15.0. The molecule has 2 heterocycles. The van der Waals surface area contributed by atoms with Crippen LogP contribution < -0.4 is 4.74 Å². The highest BCUT2D eigenvalue weighted by Gasteiger charge is 2.24. The smallest absolute Gasteiger partial charge is 0.235 e. The van der Waals surface area contributed by atoms with Crippen LogP contribution in [0.4, 0.5) is 0 Å². The molecule has 0 spiro atoms. The zero-order chi connectivity index (χ0) is 18.5. The van der Waals surface area contributed by atoms with Crippen LogP contribution in [0.2, 0.25) is 5.02 Å². The Morgan fingerprint density at radius 3 is 2.73 bits per heavy atom. The fraction of sp³-hybridized carbons (Fsp3) is 0.500. The Morgan fingerprint density at radius 2 is 2.04 bits per heavy atom. The lowest BCUT2D eigenvalue weighted by Gasteiger charge is -2.23. The maximum absolute atomic E-state index is 12.7. The molecule has 1 saturated heterocycles. The van der Waals surface area contributed by atoms with Gasteiger partial charge in [-0.1, -0.05) is 36.2 Å². The number of ether oxygens (including phenoxy) is 1. The molecule has 1 aromatic heterocycles. The number of aromatic amines is 1. The predicted molar refractivity (Wildman–Crippen MR) is 104 cm³/mol. The van der Waals surface area contributed by atoms with Crippen LogP contribution in [-0.4, -0.2) is 51.4 Å². The third-order valence-corrected chi connectivity index (χ3v) is 5.61. The van der Waals surface area contributed by atoms with Gasteiger partial charge in [-0.15, -0.1) is 5.10 Å². The Balaban J connectivity index is 1.70. The van der Waals surface area contributed by atoms with Gasteiger partial charge < -0.3 is 9.64 Å². The Morgan fingerprint density at radius 1 is 1.31 bits per heavy atom. The van der Waals surface area contributed by atoms with Crippen LogP contribution in [0, 0.1) is 0 Å². The van der Waals surface area contributed by atoms with Gasteiger partial charge in [-0.3, -0.25) is 9.89 Å². The van der Waals surface area contributed by atoms with Crippen LogP contribution in [0.5, 0.6) is 5.75 Å². The highest BCUT2D eigenvalue weighted by molar-refractivity contribution is 8.00. The van der Waals surface area contributed by atoms with Gasteiger partial charge in [0, 0.05) is 18.1 Å². The molecular weight excluding hydrogens is 372 g/mol. The van der Waals surface area contributed by atoms with E-state index >= 15 is 0 Å². The Hall–Kier alpha value is -1.73. The van der Waals surface area contributed by atoms with Crippen LogP contribution in [0.15, 0.2) is 23.4 Å². The summed E-state index contributed by atoms with van der Waals surface area (Å²) in [4.78, 5) is 19.2. The molecule has 1 aromatic carbocycles. The van der Waals surface area contributed by atoms with Crippen LogP contribution in [0.25, 0.3) is 11.4 Å². The van der Waals surface area contributed by atoms with Gasteiger partial charge in [0.05, 0.1) is 17.9 Å². The highest BCUT2D eigenvalue weighted by Crippen LogP contribution is 2.32. The Kier molecular flexibility index (Phi) is 6.43. The van der Waals surface area contributed by atoms with E-state index in [9.17, 15) is 4.79 Å². The van der Waals surface area contributed by atoms with E-state index < -0.39 is 0 Å². The van der Waals surface area contributed by atoms with Crippen molar-refractivity contribution < 1.29 is 9.53 Å². The maximum atomic E-state index is 12.7. The number of carbonyl (C=O) groups is 1. The minimum atomic E-state index is -0.224. The minimum absolute atomic E-state index is 0.156. The monoisotopic (exact) mass is 394 g/mol. The summed E-state index contributed by atoms with van der Waals surface area (Å²) in [6.45, 7) is 3.61. The quantitative estimate of drug-likeness (QED) is 0.775. The number of rotatable bonds is 5. The number of amides is 1. The van der Waals surface area contributed by atoms with Gasteiger partial charge >= 0.3 is 0 Å².